The molecule has 6 heteroatoms. The molecule has 1 amide bonds. The minimum absolute atomic E-state index is 0.190. The van der Waals surface area contributed by atoms with Crippen molar-refractivity contribution in [1.82, 2.24) is 9.97 Å². The maximum absolute atomic E-state index is 13.3. The summed E-state index contributed by atoms with van der Waals surface area (Å²) in [5.41, 5.74) is 4.16. The second-order valence-corrected chi connectivity index (χ2v) is 8.40. The quantitative estimate of drug-likeness (QED) is 0.341. The van der Waals surface area contributed by atoms with Gasteiger partial charge in [0.05, 0.1) is 12.2 Å². The number of amides is 1. The fourth-order valence-corrected chi connectivity index (χ4v) is 4.68. The minimum atomic E-state index is -0.190. The van der Waals surface area contributed by atoms with Crippen LogP contribution in [0.3, 0.4) is 0 Å². The second-order valence-electron chi connectivity index (χ2n) is 7.42. The SMILES string of the molecule is CCOc1ccc2ccccc2c1C(=O)Nc1ccc(-c2nc3cccnc3s2)cc1C. The highest BCUT2D eigenvalue weighted by atomic mass is 32.1. The average molecular weight is 440 g/mol. The zero-order valence-corrected chi connectivity index (χ0v) is 18.6. The normalized spacial score (nSPS) is 11.1. The largest absolute Gasteiger partial charge is 0.493 e. The number of benzene rings is 3. The Bertz CT molecular complexity index is 1430. The lowest BCUT2D eigenvalue weighted by atomic mass is 10.0. The summed E-state index contributed by atoms with van der Waals surface area (Å²) >= 11 is 1.56. The standard InChI is InChI=1S/C26H21N3O2S/c1-3-31-22-13-11-17-7-4-5-8-19(17)23(22)24(30)28-20-12-10-18(15-16(20)2)25-29-21-9-6-14-27-26(21)32-25/h4-15H,3H2,1-2H3,(H,28,30). The number of pyridine rings is 1. The first kappa shape index (κ1) is 20.2. The summed E-state index contributed by atoms with van der Waals surface area (Å²) in [7, 11) is 0. The van der Waals surface area contributed by atoms with E-state index >= 15 is 0 Å². The molecule has 0 atom stereocenters. The molecule has 0 aliphatic rings. The van der Waals surface area contributed by atoms with Crippen molar-refractivity contribution in [1.29, 1.82) is 0 Å². The highest BCUT2D eigenvalue weighted by molar-refractivity contribution is 7.21. The molecule has 0 spiro atoms. The lowest BCUT2D eigenvalue weighted by molar-refractivity contribution is 0.102. The lowest BCUT2D eigenvalue weighted by Gasteiger charge is -2.15. The molecular weight excluding hydrogens is 418 g/mol. The molecule has 0 aliphatic carbocycles. The van der Waals surface area contributed by atoms with Gasteiger partial charge in [-0.05, 0) is 66.6 Å². The Labute approximate surface area is 189 Å². The van der Waals surface area contributed by atoms with Gasteiger partial charge in [0.25, 0.3) is 5.91 Å². The van der Waals surface area contributed by atoms with E-state index in [1.54, 1.807) is 17.5 Å². The molecule has 5 nitrogen and oxygen atoms in total. The van der Waals surface area contributed by atoms with E-state index in [1.807, 2.05) is 80.6 Å². The molecule has 0 unspecified atom stereocenters. The van der Waals surface area contributed by atoms with E-state index in [-0.39, 0.29) is 5.91 Å². The highest BCUT2D eigenvalue weighted by Crippen LogP contribution is 2.32. The maximum atomic E-state index is 13.3. The number of aromatic nitrogens is 2. The van der Waals surface area contributed by atoms with E-state index in [4.69, 9.17) is 4.74 Å². The number of nitrogens with zero attached hydrogens (tertiary/aromatic N) is 2. The summed E-state index contributed by atoms with van der Waals surface area (Å²) in [6, 6.07) is 21.5. The van der Waals surface area contributed by atoms with Gasteiger partial charge in [0.1, 0.15) is 21.1 Å². The molecule has 1 N–H and O–H groups in total. The number of hydrogen-bond acceptors (Lipinski definition) is 5. The van der Waals surface area contributed by atoms with Gasteiger partial charge in [-0.2, -0.15) is 0 Å². The van der Waals surface area contributed by atoms with Gasteiger partial charge in [0.15, 0.2) is 0 Å². The number of carbonyl (C=O) groups is 1. The van der Waals surface area contributed by atoms with E-state index in [2.05, 4.69) is 15.3 Å². The fourth-order valence-electron chi connectivity index (χ4n) is 3.78. The molecule has 0 bridgehead atoms. The van der Waals surface area contributed by atoms with E-state index in [0.717, 1.165) is 42.9 Å². The summed E-state index contributed by atoms with van der Waals surface area (Å²) in [5.74, 6) is 0.394. The van der Waals surface area contributed by atoms with E-state index in [0.29, 0.717) is 17.9 Å². The Morgan fingerprint density at radius 1 is 1.06 bits per heavy atom. The van der Waals surface area contributed by atoms with Crippen molar-refractivity contribution in [3.8, 4) is 16.3 Å². The van der Waals surface area contributed by atoms with Gasteiger partial charge in [-0.3, -0.25) is 4.79 Å². The summed E-state index contributed by atoms with van der Waals surface area (Å²) < 4.78 is 5.77. The van der Waals surface area contributed by atoms with Crippen molar-refractivity contribution < 1.29 is 9.53 Å². The Morgan fingerprint density at radius 3 is 2.75 bits per heavy atom. The number of carbonyl (C=O) groups excluding carboxylic acids is 1. The van der Waals surface area contributed by atoms with Crippen molar-refractivity contribution in [2.45, 2.75) is 13.8 Å². The van der Waals surface area contributed by atoms with E-state index in [9.17, 15) is 4.79 Å². The molecular formula is C26H21N3O2S. The van der Waals surface area contributed by atoms with Gasteiger partial charge in [-0.15, -0.1) is 0 Å². The van der Waals surface area contributed by atoms with Crippen LogP contribution in [0.15, 0.2) is 72.9 Å². The minimum Gasteiger partial charge on any atom is -0.493 e. The van der Waals surface area contributed by atoms with Gasteiger partial charge >= 0.3 is 0 Å². The third kappa shape index (κ3) is 3.69. The number of rotatable bonds is 5. The predicted molar refractivity (Wildman–Crippen MR) is 131 cm³/mol. The molecule has 5 rings (SSSR count). The number of aryl methyl sites for hydroxylation is 1. The maximum Gasteiger partial charge on any atom is 0.260 e. The summed E-state index contributed by atoms with van der Waals surface area (Å²) in [4.78, 5) is 23.3. The van der Waals surface area contributed by atoms with Crippen LogP contribution < -0.4 is 10.1 Å². The molecule has 0 saturated carbocycles. The van der Waals surface area contributed by atoms with E-state index in [1.165, 1.54) is 0 Å². The molecule has 0 aliphatic heterocycles. The molecule has 0 radical (unpaired) electrons. The third-order valence-corrected chi connectivity index (χ3v) is 6.33. The molecule has 0 fully saturated rings. The number of fused-ring (bicyclic) bond motifs is 2. The van der Waals surface area contributed by atoms with E-state index < -0.39 is 0 Å². The van der Waals surface area contributed by atoms with Gasteiger partial charge in [0, 0.05) is 17.4 Å². The Balaban J connectivity index is 1.48. The smallest absolute Gasteiger partial charge is 0.260 e. The first-order valence-corrected chi connectivity index (χ1v) is 11.2. The van der Waals surface area contributed by atoms with Gasteiger partial charge in [0.2, 0.25) is 0 Å². The highest BCUT2D eigenvalue weighted by Gasteiger charge is 2.18. The van der Waals surface area contributed by atoms with Crippen molar-refractivity contribution in [2.24, 2.45) is 0 Å². The van der Waals surface area contributed by atoms with Crippen LogP contribution in [0.4, 0.5) is 5.69 Å². The summed E-state index contributed by atoms with van der Waals surface area (Å²) in [6.45, 7) is 4.39. The zero-order valence-electron chi connectivity index (χ0n) is 17.8. The number of ether oxygens (including phenoxy) is 1. The van der Waals surface area contributed by atoms with Crippen LogP contribution in [0.2, 0.25) is 0 Å². The zero-order chi connectivity index (χ0) is 22.1. The number of thiazole rings is 1. The number of hydrogen-bond donors (Lipinski definition) is 1. The van der Waals surface area contributed by atoms with Gasteiger partial charge in [-0.25, -0.2) is 9.97 Å². The third-order valence-electron chi connectivity index (χ3n) is 5.31. The van der Waals surface area contributed by atoms with Crippen molar-refractivity contribution in [2.75, 3.05) is 11.9 Å². The summed E-state index contributed by atoms with van der Waals surface area (Å²) in [6.07, 6.45) is 1.78. The van der Waals surface area contributed by atoms with Crippen LogP contribution in [-0.4, -0.2) is 22.5 Å². The van der Waals surface area contributed by atoms with Crippen LogP contribution >= 0.6 is 11.3 Å². The average Bonchev–Trinajstić information content (AvgIpc) is 3.25. The topological polar surface area (TPSA) is 64.1 Å². The number of nitrogens with one attached hydrogen (secondary N) is 1. The number of anilines is 1. The van der Waals surface area contributed by atoms with Gasteiger partial charge in [-0.1, -0.05) is 41.7 Å². The van der Waals surface area contributed by atoms with Gasteiger partial charge < -0.3 is 10.1 Å². The first-order chi connectivity index (χ1) is 15.6. The van der Waals surface area contributed by atoms with Crippen LogP contribution in [-0.2, 0) is 0 Å². The molecule has 2 heterocycles. The Kier molecular flexibility index (Phi) is 5.29. The van der Waals surface area contributed by atoms with Crippen LogP contribution in [0.25, 0.3) is 31.7 Å². The van der Waals surface area contributed by atoms with Crippen LogP contribution in [0.1, 0.15) is 22.8 Å². The van der Waals surface area contributed by atoms with Crippen molar-refractivity contribution in [3.63, 3.8) is 0 Å². The predicted octanol–water partition coefficient (Wildman–Crippen LogP) is 6.47. The Morgan fingerprint density at radius 2 is 1.94 bits per heavy atom. The first-order valence-electron chi connectivity index (χ1n) is 10.4. The van der Waals surface area contributed by atoms with Crippen LogP contribution in [0, 0.1) is 6.92 Å². The monoisotopic (exact) mass is 439 g/mol. The molecule has 32 heavy (non-hydrogen) atoms. The molecule has 5 aromatic rings. The lowest BCUT2D eigenvalue weighted by Crippen LogP contribution is -2.15. The second kappa shape index (κ2) is 8.40. The van der Waals surface area contributed by atoms with Crippen molar-refractivity contribution in [3.05, 3.63) is 84.1 Å². The molecule has 2 aromatic heterocycles. The Hall–Kier alpha value is -3.77. The fraction of sp³-hybridized carbons (Fsp3) is 0.115. The molecule has 0 saturated heterocycles. The molecule has 3 aromatic carbocycles. The van der Waals surface area contributed by atoms with Crippen molar-refractivity contribution >= 4 is 44.1 Å². The van der Waals surface area contributed by atoms with Crippen LogP contribution in [0.5, 0.6) is 5.75 Å². The molecule has 158 valence electrons. The summed E-state index contributed by atoms with van der Waals surface area (Å²) in [5, 5.41) is 5.85.